The van der Waals surface area contributed by atoms with Crippen LogP contribution in [0.25, 0.3) is 0 Å². The van der Waals surface area contributed by atoms with Crippen LogP contribution in [0.3, 0.4) is 0 Å². The number of amides is 1. The maximum absolute atomic E-state index is 12.9. The van der Waals surface area contributed by atoms with Gasteiger partial charge in [0.2, 0.25) is 5.91 Å². The molecule has 0 radical (unpaired) electrons. The molecule has 0 aliphatic carbocycles. The number of nitrogens with one attached hydrogen (secondary N) is 1. The van der Waals surface area contributed by atoms with Crippen molar-refractivity contribution in [2.24, 2.45) is 5.41 Å². The van der Waals surface area contributed by atoms with Crippen molar-refractivity contribution in [3.63, 3.8) is 0 Å². The Kier molecular flexibility index (Phi) is 9.03. The third kappa shape index (κ3) is 5.76. The van der Waals surface area contributed by atoms with Crippen LogP contribution in [0, 0.1) is 5.41 Å². The number of ether oxygens (including phenoxy) is 3. The first-order valence-electron chi connectivity index (χ1n) is 8.33. The van der Waals surface area contributed by atoms with E-state index >= 15 is 0 Å². The zero-order valence-electron chi connectivity index (χ0n) is 15.2. The molecule has 7 heteroatoms. The van der Waals surface area contributed by atoms with Crippen molar-refractivity contribution in [2.45, 2.75) is 12.8 Å². The number of carbonyl (C=O) groups is 1. The van der Waals surface area contributed by atoms with Gasteiger partial charge in [0.05, 0.1) is 25.7 Å². The van der Waals surface area contributed by atoms with Gasteiger partial charge in [-0.2, -0.15) is 0 Å². The summed E-state index contributed by atoms with van der Waals surface area (Å²) in [5.41, 5.74) is -0.408. The second kappa shape index (κ2) is 10.5. The molecule has 1 aliphatic rings. The smallest absolute Gasteiger partial charge is 0.231 e. The van der Waals surface area contributed by atoms with E-state index in [0.717, 1.165) is 37.4 Å². The second-order valence-electron chi connectivity index (χ2n) is 6.21. The average molecular weight is 373 g/mol. The number of nitrogens with zero attached hydrogens (tertiary/aromatic N) is 1. The SMILES string of the molecule is COCC1(C(=O)N(C)CCOc2ccc(OC)cc2)CCNCC1.Cl. The van der Waals surface area contributed by atoms with Gasteiger partial charge in [-0.3, -0.25) is 4.79 Å². The predicted molar refractivity (Wildman–Crippen MR) is 99.8 cm³/mol. The van der Waals surface area contributed by atoms with Gasteiger partial charge in [-0.1, -0.05) is 0 Å². The molecule has 142 valence electrons. The highest BCUT2D eigenvalue weighted by atomic mass is 35.5. The summed E-state index contributed by atoms with van der Waals surface area (Å²) in [5.74, 6) is 1.70. The molecule has 0 saturated carbocycles. The highest BCUT2D eigenvalue weighted by Crippen LogP contribution is 2.31. The van der Waals surface area contributed by atoms with Gasteiger partial charge in [0.1, 0.15) is 18.1 Å². The maximum atomic E-state index is 12.9. The Labute approximate surface area is 156 Å². The largest absolute Gasteiger partial charge is 0.497 e. The molecule has 0 atom stereocenters. The fourth-order valence-electron chi connectivity index (χ4n) is 3.08. The molecular formula is C18H29ClN2O4. The summed E-state index contributed by atoms with van der Waals surface area (Å²) in [7, 11) is 5.12. The van der Waals surface area contributed by atoms with Crippen LogP contribution in [0.5, 0.6) is 11.5 Å². The number of methoxy groups -OCH3 is 2. The van der Waals surface area contributed by atoms with Crippen LogP contribution < -0.4 is 14.8 Å². The molecular weight excluding hydrogens is 344 g/mol. The summed E-state index contributed by atoms with van der Waals surface area (Å²) in [6.07, 6.45) is 1.62. The van der Waals surface area contributed by atoms with Crippen molar-refractivity contribution >= 4 is 18.3 Å². The minimum Gasteiger partial charge on any atom is -0.497 e. The number of rotatable bonds is 8. The van der Waals surface area contributed by atoms with Gasteiger partial charge in [0, 0.05) is 14.2 Å². The lowest BCUT2D eigenvalue weighted by molar-refractivity contribution is -0.146. The van der Waals surface area contributed by atoms with Crippen molar-refractivity contribution in [1.29, 1.82) is 0 Å². The summed E-state index contributed by atoms with van der Waals surface area (Å²) in [4.78, 5) is 14.6. The molecule has 0 spiro atoms. The van der Waals surface area contributed by atoms with Crippen molar-refractivity contribution in [3.8, 4) is 11.5 Å². The first kappa shape index (κ1) is 21.5. The van der Waals surface area contributed by atoms with E-state index in [1.54, 1.807) is 19.1 Å². The number of likely N-dealkylation sites (N-methyl/N-ethyl adjacent to an activating group) is 1. The quantitative estimate of drug-likeness (QED) is 0.756. The van der Waals surface area contributed by atoms with Crippen LogP contribution in [0.4, 0.5) is 0 Å². The number of carbonyl (C=O) groups excluding carboxylic acids is 1. The van der Waals surface area contributed by atoms with E-state index in [-0.39, 0.29) is 18.3 Å². The molecule has 1 heterocycles. The molecule has 1 aliphatic heterocycles. The van der Waals surface area contributed by atoms with E-state index in [1.807, 2.05) is 31.3 Å². The molecule has 1 fully saturated rings. The second-order valence-corrected chi connectivity index (χ2v) is 6.21. The van der Waals surface area contributed by atoms with Crippen LogP contribution in [-0.2, 0) is 9.53 Å². The molecule has 25 heavy (non-hydrogen) atoms. The summed E-state index contributed by atoms with van der Waals surface area (Å²) in [6.45, 7) is 3.17. The van der Waals surface area contributed by atoms with E-state index in [1.165, 1.54) is 0 Å². The predicted octanol–water partition coefficient (Wildman–Crippen LogP) is 1.97. The summed E-state index contributed by atoms with van der Waals surface area (Å²) < 4.78 is 16.2. The molecule has 1 amide bonds. The Morgan fingerprint density at radius 1 is 1.16 bits per heavy atom. The zero-order chi connectivity index (χ0) is 17.4. The normalized spacial score (nSPS) is 15.8. The first-order chi connectivity index (χ1) is 11.6. The highest BCUT2D eigenvalue weighted by molar-refractivity contribution is 5.85. The minimum atomic E-state index is -0.408. The molecule has 1 aromatic rings. The van der Waals surface area contributed by atoms with Crippen LogP contribution in [0.2, 0.25) is 0 Å². The lowest BCUT2D eigenvalue weighted by Crippen LogP contribution is -2.51. The fourth-order valence-corrected chi connectivity index (χ4v) is 3.08. The lowest BCUT2D eigenvalue weighted by Gasteiger charge is -2.38. The number of benzene rings is 1. The molecule has 6 nitrogen and oxygen atoms in total. The maximum Gasteiger partial charge on any atom is 0.231 e. The van der Waals surface area contributed by atoms with Crippen molar-refractivity contribution in [1.82, 2.24) is 10.2 Å². The molecule has 0 bridgehead atoms. The van der Waals surface area contributed by atoms with E-state index in [2.05, 4.69) is 5.32 Å². The van der Waals surface area contributed by atoms with Gasteiger partial charge in [0.25, 0.3) is 0 Å². The van der Waals surface area contributed by atoms with Crippen LogP contribution in [-0.4, -0.2) is 64.9 Å². The lowest BCUT2D eigenvalue weighted by atomic mass is 9.78. The van der Waals surface area contributed by atoms with E-state index < -0.39 is 5.41 Å². The third-order valence-electron chi connectivity index (χ3n) is 4.54. The fraction of sp³-hybridized carbons (Fsp3) is 0.611. The number of halogens is 1. The molecule has 1 N–H and O–H groups in total. The Morgan fingerprint density at radius 3 is 2.32 bits per heavy atom. The van der Waals surface area contributed by atoms with Gasteiger partial charge in [-0.15, -0.1) is 12.4 Å². The van der Waals surface area contributed by atoms with E-state index in [0.29, 0.717) is 19.8 Å². The van der Waals surface area contributed by atoms with Crippen LogP contribution in [0.15, 0.2) is 24.3 Å². The first-order valence-corrected chi connectivity index (χ1v) is 8.33. The van der Waals surface area contributed by atoms with Gasteiger partial charge in [-0.05, 0) is 50.2 Å². The van der Waals surface area contributed by atoms with Crippen molar-refractivity contribution < 1.29 is 19.0 Å². The molecule has 2 rings (SSSR count). The van der Waals surface area contributed by atoms with Gasteiger partial charge >= 0.3 is 0 Å². The third-order valence-corrected chi connectivity index (χ3v) is 4.54. The summed E-state index contributed by atoms with van der Waals surface area (Å²) >= 11 is 0. The van der Waals surface area contributed by atoms with E-state index in [9.17, 15) is 4.79 Å². The van der Waals surface area contributed by atoms with Crippen LogP contribution in [0.1, 0.15) is 12.8 Å². The zero-order valence-corrected chi connectivity index (χ0v) is 16.1. The van der Waals surface area contributed by atoms with E-state index in [4.69, 9.17) is 14.2 Å². The molecule has 1 aromatic carbocycles. The van der Waals surface area contributed by atoms with Gasteiger partial charge in [-0.25, -0.2) is 0 Å². The van der Waals surface area contributed by atoms with Gasteiger partial charge in [0.15, 0.2) is 0 Å². The highest BCUT2D eigenvalue weighted by Gasteiger charge is 2.41. The van der Waals surface area contributed by atoms with Crippen LogP contribution >= 0.6 is 12.4 Å². The number of piperidine rings is 1. The Morgan fingerprint density at radius 2 is 1.76 bits per heavy atom. The number of hydrogen-bond acceptors (Lipinski definition) is 5. The monoisotopic (exact) mass is 372 g/mol. The summed E-state index contributed by atoms with van der Waals surface area (Å²) in [6, 6.07) is 7.43. The van der Waals surface area contributed by atoms with Crippen molar-refractivity contribution in [3.05, 3.63) is 24.3 Å². The standard InChI is InChI=1S/C18H28N2O4.ClH/c1-20(12-13-24-16-6-4-15(23-3)5-7-16)17(21)18(14-22-2)8-10-19-11-9-18;/h4-7,19H,8-14H2,1-3H3;1H. The number of hydrogen-bond donors (Lipinski definition) is 1. The Bertz CT molecular complexity index is 513. The molecule has 1 saturated heterocycles. The van der Waals surface area contributed by atoms with Crippen molar-refractivity contribution in [2.75, 3.05) is 54.1 Å². The molecule has 0 unspecified atom stereocenters. The van der Waals surface area contributed by atoms with Gasteiger partial charge < -0.3 is 24.4 Å². The topological polar surface area (TPSA) is 60.0 Å². The Hall–Kier alpha value is -1.50. The molecule has 0 aromatic heterocycles. The minimum absolute atomic E-state index is 0. The Balaban J connectivity index is 0.00000312. The summed E-state index contributed by atoms with van der Waals surface area (Å²) in [5, 5.41) is 3.30. The average Bonchev–Trinajstić information content (AvgIpc) is 2.62.